The predicted molar refractivity (Wildman–Crippen MR) is 70.6 cm³/mol. The normalized spacial score (nSPS) is 14.1. The maximum absolute atomic E-state index is 9.13. The summed E-state index contributed by atoms with van der Waals surface area (Å²) < 4.78 is 5.34. The van der Waals surface area contributed by atoms with Gasteiger partial charge in [-0.3, -0.25) is 0 Å². The fourth-order valence-corrected chi connectivity index (χ4v) is 2.59. The molecule has 0 bridgehead atoms. The first kappa shape index (κ1) is 14.6. The van der Waals surface area contributed by atoms with Crippen LogP contribution in [0, 0.1) is 19.3 Å². The molecule has 1 unspecified atom stereocenters. The fourth-order valence-electron chi connectivity index (χ4n) is 1.98. The summed E-state index contributed by atoms with van der Waals surface area (Å²) in [7, 11) is -2.35. The standard InChI is InChI=1S/C13H21O3P/c1-9-7-6-8-10(2)11(9)12(13(3,4)5)16-17(14)15/h6-8,12,14-15H,1-5H3. The van der Waals surface area contributed by atoms with Crippen molar-refractivity contribution in [3.8, 4) is 0 Å². The summed E-state index contributed by atoms with van der Waals surface area (Å²) in [6, 6.07) is 6.03. The number of rotatable bonds is 3. The SMILES string of the molecule is Cc1cccc(C)c1C(OP(O)O)C(C)(C)C. The van der Waals surface area contributed by atoms with Crippen molar-refractivity contribution >= 4 is 8.60 Å². The number of aryl methyl sites for hydroxylation is 2. The molecule has 2 N–H and O–H groups in total. The molecule has 0 aliphatic carbocycles. The van der Waals surface area contributed by atoms with Crippen LogP contribution in [0.2, 0.25) is 0 Å². The van der Waals surface area contributed by atoms with Crippen LogP contribution in [0.3, 0.4) is 0 Å². The van der Waals surface area contributed by atoms with Gasteiger partial charge in [-0.15, -0.1) is 0 Å². The summed E-state index contributed by atoms with van der Waals surface area (Å²) in [5, 5.41) is 0. The first-order valence-electron chi connectivity index (χ1n) is 5.64. The molecule has 0 fully saturated rings. The third-order valence-corrected chi connectivity index (χ3v) is 3.19. The zero-order valence-electron chi connectivity index (χ0n) is 11.1. The molecule has 0 spiro atoms. The molecule has 0 amide bonds. The Morgan fingerprint density at radius 1 is 1.12 bits per heavy atom. The molecule has 0 saturated heterocycles. The minimum Gasteiger partial charge on any atom is -0.328 e. The molecule has 96 valence electrons. The average molecular weight is 256 g/mol. The van der Waals surface area contributed by atoms with Gasteiger partial charge in [0.15, 0.2) is 0 Å². The van der Waals surface area contributed by atoms with E-state index in [0.29, 0.717) is 0 Å². The molecule has 4 heteroatoms. The minimum atomic E-state index is -2.35. The summed E-state index contributed by atoms with van der Waals surface area (Å²) in [6.45, 7) is 10.1. The maximum atomic E-state index is 9.13. The van der Waals surface area contributed by atoms with Crippen LogP contribution in [0.1, 0.15) is 43.6 Å². The molecule has 0 radical (unpaired) electrons. The lowest BCUT2D eigenvalue weighted by molar-refractivity contribution is 0.0715. The van der Waals surface area contributed by atoms with Crippen LogP contribution in [0.5, 0.6) is 0 Å². The fraction of sp³-hybridized carbons (Fsp3) is 0.538. The lowest BCUT2D eigenvalue weighted by Crippen LogP contribution is -2.21. The molecule has 0 saturated carbocycles. The molecule has 1 aromatic rings. The van der Waals surface area contributed by atoms with E-state index < -0.39 is 8.60 Å². The van der Waals surface area contributed by atoms with E-state index in [1.54, 1.807) is 0 Å². The molecule has 1 aromatic carbocycles. The van der Waals surface area contributed by atoms with Crippen molar-refractivity contribution in [2.45, 2.75) is 40.7 Å². The Kier molecular flexibility index (Phi) is 4.68. The maximum Gasteiger partial charge on any atom is 0.327 e. The predicted octanol–water partition coefficient (Wildman–Crippen LogP) is 3.62. The molecular weight excluding hydrogens is 235 g/mol. The quantitative estimate of drug-likeness (QED) is 0.812. The number of hydrogen-bond acceptors (Lipinski definition) is 3. The Labute approximate surface area is 104 Å². The van der Waals surface area contributed by atoms with Gasteiger partial charge in [0, 0.05) is 0 Å². The zero-order valence-corrected chi connectivity index (χ0v) is 12.0. The van der Waals surface area contributed by atoms with E-state index in [1.165, 1.54) is 0 Å². The summed E-state index contributed by atoms with van der Waals surface area (Å²) in [5.41, 5.74) is 3.09. The van der Waals surface area contributed by atoms with E-state index in [2.05, 4.69) is 0 Å². The van der Waals surface area contributed by atoms with Crippen LogP contribution >= 0.6 is 8.60 Å². The Morgan fingerprint density at radius 3 is 1.94 bits per heavy atom. The molecule has 0 aliphatic rings. The lowest BCUT2D eigenvalue weighted by Gasteiger charge is -2.33. The van der Waals surface area contributed by atoms with Gasteiger partial charge in [0.2, 0.25) is 0 Å². The van der Waals surface area contributed by atoms with Crippen molar-refractivity contribution in [1.82, 2.24) is 0 Å². The van der Waals surface area contributed by atoms with E-state index in [9.17, 15) is 0 Å². The molecule has 0 aromatic heterocycles. The van der Waals surface area contributed by atoms with E-state index in [1.807, 2.05) is 52.8 Å². The second-order valence-corrected chi connectivity index (χ2v) is 6.13. The van der Waals surface area contributed by atoms with Crippen LogP contribution in [0.15, 0.2) is 18.2 Å². The van der Waals surface area contributed by atoms with Gasteiger partial charge in [0.25, 0.3) is 0 Å². The van der Waals surface area contributed by atoms with Crippen molar-refractivity contribution in [2.24, 2.45) is 5.41 Å². The number of hydrogen-bond donors (Lipinski definition) is 2. The van der Waals surface area contributed by atoms with Gasteiger partial charge in [-0.05, 0) is 36.0 Å². The third-order valence-electron chi connectivity index (χ3n) is 2.79. The molecule has 1 atom stereocenters. The van der Waals surface area contributed by atoms with Crippen molar-refractivity contribution in [3.05, 3.63) is 34.9 Å². The van der Waals surface area contributed by atoms with Crippen molar-refractivity contribution in [1.29, 1.82) is 0 Å². The summed E-state index contributed by atoms with van der Waals surface area (Å²) >= 11 is 0. The highest BCUT2D eigenvalue weighted by Crippen LogP contribution is 2.45. The van der Waals surface area contributed by atoms with Crippen LogP contribution in [0.25, 0.3) is 0 Å². The highest BCUT2D eigenvalue weighted by atomic mass is 31.2. The summed E-state index contributed by atoms with van der Waals surface area (Å²) in [6.07, 6.45) is -0.315. The van der Waals surface area contributed by atoms with Crippen LogP contribution in [-0.4, -0.2) is 9.79 Å². The van der Waals surface area contributed by atoms with E-state index in [0.717, 1.165) is 16.7 Å². The molecule has 3 nitrogen and oxygen atoms in total. The largest absolute Gasteiger partial charge is 0.328 e. The van der Waals surface area contributed by atoms with Gasteiger partial charge in [-0.25, -0.2) is 0 Å². The molecule has 0 heterocycles. The highest BCUT2D eigenvalue weighted by molar-refractivity contribution is 7.39. The second kappa shape index (κ2) is 5.45. The third kappa shape index (κ3) is 3.75. The van der Waals surface area contributed by atoms with Gasteiger partial charge in [0.05, 0.1) is 6.10 Å². The first-order chi connectivity index (χ1) is 7.73. The van der Waals surface area contributed by atoms with Gasteiger partial charge in [0.1, 0.15) is 0 Å². The van der Waals surface area contributed by atoms with Gasteiger partial charge >= 0.3 is 8.60 Å². The zero-order chi connectivity index (χ0) is 13.2. The Balaban J connectivity index is 3.22. The first-order valence-corrected chi connectivity index (χ1v) is 6.80. The molecule has 0 aliphatic heterocycles. The minimum absolute atomic E-state index is 0.192. The van der Waals surface area contributed by atoms with Crippen molar-refractivity contribution < 1.29 is 14.3 Å². The van der Waals surface area contributed by atoms with E-state index >= 15 is 0 Å². The molecular formula is C13H21O3P. The average Bonchev–Trinajstić information content (AvgIpc) is 2.13. The molecule has 1 rings (SSSR count). The van der Waals surface area contributed by atoms with E-state index in [-0.39, 0.29) is 11.5 Å². The number of benzene rings is 1. The highest BCUT2D eigenvalue weighted by Gasteiger charge is 2.31. The molecule has 17 heavy (non-hydrogen) atoms. The van der Waals surface area contributed by atoms with Crippen LogP contribution in [-0.2, 0) is 4.52 Å². The topological polar surface area (TPSA) is 49.7 Å². The summed E-state index contributed by atoms with van der Waals surface area (Å²) in [5.74, 6) is 0. The van der Waals surface area contributed by atoms with Crippen LogP contribution in [0.4, 0.5) is 0 Å². The van der Waals surface area contributed by atoms with Crippen LogP contribution < -0.4 is 0 Å². The Hall–Kier alpha value is -0.470. The Bertz CT molecular complexity index is 362. The lowest BCUT2D eigenvalue weighted by atomic mass is 9.81. The van der Waals surface area contributed by atoms with Crippen molar-refractivity contribution in [3.63, 3.8) is 0 Å². The van der Waals surface area contributed by atoms with Gasteiger partial charge in [-0.1, -0.05) is 39.0 Å². The van der Waals surface area contributed by atoms with Gasteiger partial charge in [-0.2, -0.15) is 0 Å². The van der Waals surface area contributed by atoms with Gasteiger partial charge < -0.3 is 14.3 Å². The Morgan fingerprint density at radius 2 is 1.59 bits per heavy atom. The summed E-state index contributed by atoms with van der Waals surface area (Å²) in [4.78, 5) is 18.3. The smallest absolute Gasteiger partial charge is 0.327 e. The monoisotopic (exact) mass is 256 g/mol. The second-order valence-electron chi connectivity index (χ2n) is 5.41. The van der Waals surface area contributed by atoms with E-state index in [4.69, 9.17) is 14.3 Å². The van der Waals surface area contributed by atoms with Crippen molar-refractivity contribution in [2.75, 3.05) is 0 Å².